The first-order valence-electron chi connectivity index (χ1n) is 8.54. The third-order valence-corrected chi connectivity index (χ3v) is 4.24. The Morgan fingerprint density at radius 3 is 2.58 bits per heavy atom. The Kier molecular flexibility index (Phi) is 7.11. The quantitative estimate of drug-likeness (QED) is 0.335. The van der Waals surface area contributed by atoms with Crippen LogP contribution in [0.25, 0.3) is 0 Å². The molecule has 0 amide bonds. The number of esters is 1. The Morgan fingerprint density at radius 1 is 1.27 bits per heavy atom. The second-order valence-corrected chi connectivity index (χ2v) is 5.97. The molecular formula is C18H24N3O5+. The predicted octanol–water partition coefficient (Wildman–Crippen LogP) is 0.989. The lowest BCUT2D eigenvalue weighted by Crippen LogP contribution is -2.53. The Balaban J connectivity index is 2.23. The van der Waals surface area contributed by atoms with Crippen LogP contribution in [0.15, 0.2) is 35.4 Å². The second-order valence-electron chi connectivity index (χ2n) is 5.97. The van der Waals surface area contributed by atoms with Gasteiger partial charge in [-0.05, 0) is 30.6 Å². The Hall–Kier alpha value is -2.45. The minimum Gasteiger partial charge on any atom is -0.460 e. The highest BCUT2D eigenvalue weighted by molar-refractivity contribution is 6.40. The second kappa shape index (κ2) is 9.30. The number of carbonyl (C=O) groups is 3. The lowest BCUT2D eigenvalue weighted by Gasteiger charge is -2.24. The van der Waals surface area contributed by atoms with Gasteiger partial charge in [0.25, 0.3) is 5.78 Å². The number of azo groups is 2. The first-order valence-corrected chi connectivity index (χ1v) is 8.54. The van der Waals surface area contributed by atoms with E-state index < -0.39 is 29.6 Å². The molecule has 0 aromatic heterocycles. The van der Waals surface area contributed by atoms with Crippen molar-refractivity contribution in [2.75, 3.05) is 20.3 Å². The molecule has 8 nitrogen and oxygen atoms in total. The molecule has 1 aliphatic rings. The molecule has 26 heavy (non-hydrogen) atoms. The zero-order valence-electron chi connectivity index (χ0n) is 15.0. The molecule has 0 aliphatic carbocycles. The molecule has 140 valence electrons. The van der Waals surface area contributed by atoms with Crippen LogP contribution in [0.5, 0.6) is 0 Å². The number of ketones is 2. The van der Waals surface area contributed by atoms with Gasteiger partial charge in [-0.1, -0.05) is 18.2 Å². The van der Waals surface area contributed by atoms with Gasteiger partial charge >= 0.3 is 5.97 Å². The number of benzene rings is 1. The molecule has 0 radical (unpaired) electrons. The summed E-state index contributed by atoms with van der Waals surface area (Å²) in [6.07, 6.45) is 0.981. The number of hydrogen-bond donors (Lipinski definition) is 1. The third kappa shape index (κ3) is 4.80. The summed E-state index contributed by atoms with van der Waals surface area (Å²) < 4.78 is 11.6. The van der Waals surface area contributed by atoms with E-state index in [0.29, 0.717) is 25.1 Å². The first kappa shape index (κ1) is 19.9. The number of carbonyl (C=O) groups excluding carboxylic acids is 3. The number of Topliss-reactive ketones (excluding diaryl/α,β-unsaturated/α-hetero) is 2. The highest BCUT2D eigenvalue weighted by Gasteiger charge is 2.44. The number of nitrogens with two attached hydrogens (primary N) is 1. The van der Waals surface area contributed by atoms with E-state index in [0.717, 1.165) is 0 Å². The smallest absolute Gasteiger partial charge is 0.376 e. The fourth-order valence-electron chi connectivity index (χ4n) is 2.82. The minimum absolute atomic E-state index is 0.0416. The summed E-state index contributed by atoms with van der Waals surface area (Å²) in [4.78, 5) is 36.3. The van der Waals surface area contributed by atoms with E-state index in [1.54, 1.807) is 18.7 Å². The average Bonchev–Trinajstić information content (AvgIpc) is 2.67. The maximum Gasteiger partial charge on any atom is 0.376 e. The van der Waals surface area contributed by atoms with E-state index in [9.17, 15) is 14.4 Å². The van der Waals surface area contributed by atoms with E-state index in [2.05, 4.69) is 9.85 Å². The molecule has 0 bridgehead atoms. The van der Waals surface area contributed by atoms with Gasteiger partial charge in [-0.3, -0.25) is 9.59 Å². The predicted molar refractivity (Wildman–Crippen MR) is 92.1 cm³/mol. The van der Waals surface area contributed by atoms with Crippen LogP contribution < -0.4 is 5.73 Å². The SMILES string of the molecule is CCOC(=O)C(=O)C(N)C(=O)[C@@H]1CC[C@H](OC)C[N+]1=Nc1ccccc1. The largest absolute Gasteiger partial charge is 0.460 e. The molecular weight excluding hydrogens is 338 g/mol. The molecule has 1 unspecified atom stereocenters. The zero-order valence-corrected chi connectivity index (χ0v) is 15.0. The zero-order chi connectivity index (χ0) is 19.1. The van der Waals surface area contributed by atoms with Crippen molar-refractivity contribution in [3.05, 3.63) is 30.3 Å². The monoisotopic (exact) mass is 362 g/mol. The van der Waals surface area contributed by atoms with Crippen molar-refractivity contribution in [1.29, 1.82) is 0 Å². The number of nitrogens with zero attached hydrogens (tertiary/aromatic N) is 2. The standard InChI is InChI=1S/C18H24N3O5/c1-3-26-18(24)17(23)15(19)16(22)14-10-9-13(25-2)11-21(14)20-12-7-5-4-6-8-12/h4-8,13-15H,3,9-11,19H2,1-2H3/q+1/t13-,14-,15?/m0/s1. The van der Waals surface area contributed by atoms with Crippen LogP contribution in [0.1, 0.15) is 19.8 Å². The molecule has 2 rings (SSSR count). The van der Waals surface area contributed by atoms with Crippen LogP contribution in [0.3, 0.4) is 0 Å². The molecule has 8 heteroatoms. The molecule has 1 fully saturated rings. The fraction of sp³-hybridized carbons (Fsp3) is 0.500. The van der Waals surface area contributed by atoms with E-state index >= 15 is 0 Å². The Labute approximate surface area is 152 Å². The summed E-state index contributed by atoms with van der Waals surface area (Å²) in [6.45, 7) is 2.01. The van der Waals surface area contributed by atoms with Gasteiger partial charge in [-0.15, -0.1) is 4.70 Å². The molecule has 2 N–H and O–H groups in total. The number of rotatable bonds is 7. The fourth-order valence-corrected chi connectivity index (χ4v) is 2.82. The number of methoxy groups -OCH3 is 1. The number of hydrogen-bond acceptors (Lipinski definition) is 7. The normalized spacial score (nSPS) is 22.7. The van der Waals surface area contributed by atoms with E-state index in [-0.39, 0.29) is 12.7 Å². The maximum absolute atomic E-state index is 12.7. The minimum atomic E-state index is -1.56. The number of ether oxygens (including phenoxy) is 2. The van der Waals surface area contributed by atoms with Crippen molar-refractivity contribution in [3.63, 3.8) is 0 Å². The summed E-state index contributed by atoms with van der Waals surface area (Å²) in [7, 11) is 1.60. The molecule has 1 aromatic rings. The molecule has 1 saturated heterocycles. The van der Waals surface area contributed by atoms with Gasteiger partial charge in [0, 0.05) is 13.5 Å². The highest BCUT2D eigenvalue weighted by atomic mass is 16.5. The van der Waals surface area contributed by atoms with Crippen LogP contribution in [0.2, 0.25) is 0 Å². The van der Waals surface area contributed by atoms with Gasteiger partial charge in [0.15, 0.2) is 6.54 Å². The summed E-state index contributed by atoms with van der Waals surface area (Å²) in [5.74, 6) is -2.67. The molecule has 1 heterocycles. The van der Waals surface area contributed by atoms with Crippen molar-refractivity contribution in [3.8, 4) is 0 Å². The van der Waals surface area contributed by atoms with Crippen LogP contribution in [-0.2, 0) is 23.9 Å². The Morgan fingerprint density at radius 2 is 1.96 bits per heavy atom. The highest BCUT2D eigenvalue weighted by Crippen LogP contribution is 2.21. The summed E-state index contributed by atoms with van der Waals surface area (Å²) >= 11 is 0. The molecule has 1 aliphatic heterocycles. The van der Waals surface area contributed by atoms with Crippen molar-refractivity contribution in [2.24, 2.45) is 10.8 Å². The van der Waals surface area contributed by atoms with Crippen molar-refractivity contribution in [1.82, 2.24) is 0 Å². The van der Waals surface area contributed by atoms with Gasteiger partial charge in [-0.25, -0.2) is 4.79 Å². The van der Waals surface area contributed by atoms with Crippen LogP contribution in [0, 0.1) is 0 Å². The van der Waals surface area contributed by atoms with Gasteiger partial charge in [0.2, 0.25) is 11.8 Å². The lowest BCUT2D eigenvalue weighted by atomic mass is 9.93. The van der Waals surface area contributed by atoms with Gasteiger partial charge in [-0.2, -0.15) is 0 Å². The van der Waals surface area contributed by atoms with Crippen LogP contribution in [-0.4, -0.2) is 60.7 Å². The topological polar surface area (TPSA) is 111 Å². The van der Waals surface area contributed by atoms with Gasteiger partial charge in [0.1, 0.15) is 17.8 Å². The van der Waals surface area contributed by atoms with Crippen molar-refractivity contribution < 1.29 is 28.6 Å². The molecule has 3 atom stereocenters. The van der Waals surface area contributed by atoms with Crippen molar-refractivity contribution >= 4 is 23.2 Å². The maximum atomic E-state index is 12.7. The summed E-state index contributed by atoms with van der Waals surface area (Å²) in [6, 6.07) is 6.89. The first-order chi connectivity index (χ1) is 12.5. The Bertz CT molecular complexity index is 689. The molecule has 1 aromatic carbocycles. The summed E-state index contributed by atoms with van der Waals surface area (Å²) in [5.41, 5.74) is 6.42. The lowest BCUT2D eigenvalue weighted by molar-refractivity contribution is -0.628. The molecule has 0 saturated carbocycles. The van der Waals surface area contributed by atoms with E-state index in [1.165, 1.54) is 0 Å². The third-order valence-electron chi connectivity index (χ3n) is 4.24. The van der Waals surface area contributed by atoms with E-state index in [4.69, 9.17) is 10.5 Å². The van der Waals surface area contributed by atoms with Gasteiger partial charge in [0.05, 0.1) is 6.61 Å². The molecule has 0 spiro atoms. The van der Waals surface area contributed by atoms with E-state index in [1.807, 2.05) is 30.3 Å². The number of piperidine rings is 1. The van der Waals surface area contributed by atoms with Crippen LogP contribution in [0.4, 0.5) is 5.69 Å². The van der Waals surface area contributed by atoms with Crippen LogP contribution >= 0.6 is 0 Å². The van der Waals surface area contributed by atoms with Crippen molar-refractivity contribution in [2.45, 2.75) is 38.0 Å². The average molecular weight is 362 g/mol. The van der Waals surface area contributed by atoms with Gasteiger partial charge < -0.3 is 15.2 Å². The summed E-state index contributed by atoms with van der Waals surface area (Å²) in [5, 5.41) is 4.49.